The topological polar surface area (TPSA) is 95.9 Å². The molecule has 0 aromatic heterocycles. The Hall–Kier alpha value is -5.49. The van der Waals surface area contributed by atoms with Crippen molar-refractivity contribution in [3.05, 3.63) is 167 Å². The summed E-state index contributed by atoms with van der Waals surface area (Å²) in [5.41, 5.74) is 16.1. The van der Waals surface area contributed by atoms with E-state index in [1.54, 1.807) is 12.1 Å². The second-order valence-electron chi connectivity index (χ2n) is 9.05. The van der Waals surface area contributed by atoms with Crippen molar-refractivity contribution in [1.29, 1.82) is 5.53 Å². The summed E-state index contributed by atoms with van der Waals surface area (Å²) in [7, 11) is 0. The molecule has 196 valence electrons. The maximum absolute atomic E-state index is 6.99. The van der Waals surface area contributed by atoms with Gasteiger partial charge in [0, 0.05) is 12.2 Å². The molecule has 0 aliphatic carbocycles. The lowest BCUT2D eigenvalue weighted by molar-refractivity contribution is 0.533. The van der Waals surface area contributed by atoms with Gasteiger partial charge in [-0.05, 0) is 63.2 Å². The van der Waals surface area contributed by atoms with Gasteiger partial charge in [-0.25, -0.2) is 0 Å². The van der Waals surface area contributed by atoms with E-state index in [1.165, 1.54) is 27.8 Å². The Morgan fingerprint density at radius 3 is 1.48 bits per heavy atom. The van der Waals surface area contributed by atoms with Crippen LogP contribution in [0.2, 0.25) is 0 Å². The van der Waals surface area contributed by atoms with Crippen LogP contribution in [0.3, 0.4) is 0 Å². The molecule has 0 spiro atoms. The Bertz CT molecular complexity index is 1560. The van der Waals surface area contributed by atoms with E-state index in [0.29, 0.717) is 12.3 Å². The number of nitrogens with zero attached hydrogens (tertiary/aromatic N) is 2. The molecule has 0 atom stereocenters. The first-order valence-electron chi connectivity index (χ1n) is 12.9. The fraction of sp³-hybridized carbons (Fsp3) is 0.0294. The summed E-state index contributed by atoms with van der Waals surface area (Å²) in [6.45, 7) is 0.659. The van der Waals surface area contributed by atoms with Crippen molar-refractivity contribution in [3.8, 4) is 5.75 Å². The minimum absolute atomic E-state index is 0.201. The molecule has 5 aromatic carbocycles. The Morgan fingerprint density at radius 2 is 1.05 bits per heavy atom. The normalized spacial score (nSPS) is 10.9. The van der Waals surface area contributed by atoms with Crippen LogP contribution in [0.5, 0.6) is 5.75 Å². The molecule has 6 nitrogen and oxygen atoms in total. The Balaban J connectivity index is 1.44. The van der Waals surface area contributed by atoms with Crippen molar-refractivity contribution in [3.63, 3.8) is 0 Å². The van der Waals surface area contributed by atoms with Crippen LogP contribution >= 0.6 is 0 Å². The van der Waals surface area contributed by atoms with Crippen molar-refractivity contribution in [2.24, 2.45) is 16.1 Å². The molecule has 0 aliphatic heterocycles. The predicted octanol–water partition coefficient (Wildman–Crippen LogP) is 7.95. The van der Waals surface area contributed by atoms with Gasteiger partial charge < -0.3 is 15.9 Å². The zero-order valence-electron chi connectivity index (χ0n) is 21.9. The van der Waals surface area contributed by atoms with E-state index in [4.69, 9.17) is 16.1 Å². The van der Waals surface area contributed by atoms with E-state index in [2.05, 4.69) is 131 Å². The lowest BCUT2D eigenvalue weighted by atomic mass is 9.85. The van der Waals surface area contributed by atoms with Crippen LogP contribution in [-0.2, 0) is 6.54 Å². The highest BCUT2D eigenvalue weighted by molar-refractivity contribution is 6.04. The number of anilines is 1. The monoisotopic (exact) mass is 523 g/mol. The van der Waals surface area contributed by atoms with Gasteiger partial charge in [0.25, 0.3) is 0 Å². The highest BCUT2D eigenvalue weighted by atomic mass is 16.5. The second kappa shape index (κ2) is 12.8. The Kier molecular flexibility index (Phi) is 8.39. The average Bonchev–Trinajstić information content (AvgIpc) is 3.03. The molecule has 0 bridgehead atoms. The number of hydrazone groups is 1. The summed E-state index contributed by atoms with van der Waals surface area (Å²) in [5, 5.41) is 9.86. The van der Waals surface area contributed by atoms with E-state index >= 15 is 0 Å². The summed E-state index contributed by atoms with van der Waals surface area (Å²) in [6.07, 6.45) is 0. The van der Waals surface area contributed by atoms with Crippen molar-refractivity contribution in [2.75, 3.05) is 5.32 Å². The van der Waals surface area contributed by atoms with Gasteiger partial charge in [-0.15, -0.1) is 5.10 Å². The number of amidine groups is 1. The predicted molar refractivity (Wildman–Crippen MR) is 162 cm³/mol. The van der Waals surface area contributed by atoms with Gasteiger partial charge in [0.15, 0.2) is 0 Å². The van der Waals surface area contributed by atoms with Crippen LogP contribution in [0.25, 0.3) is 11.1 Å². The summed E-state index contributed by atoms with van der Waals surface area (Å²) in [5.74, 6) is 5.65. The van der Waals surface area contributed by atoms with Crippen LogP contribution < -0.4 is 15.9 Å². The minimum atomic E-state index is -0.201. The first-order valence-corrected chi connectivity index (χ1v) is 12.9. The van der Waals surface area contributed by atoms with Gasteiger partial charge in [0.1, 0.15) is 5.75 Å². The van der Waals surface area contributed by atoms with Crippen molar-refractivity contribution in [2.45, 2.75) is 6.54 Å². The number of nitrogens with one attached hydrogen (secondary N) is 2. The van der Waals surface area contributed by atoms with Crippen LogP contribution in [0.4, 0.5) is 5.69 Å². The fourth-order valence-electron chi connectivity index (χ4n) is 4.54. The number of nitrogens with two attached hydrogens (primary N) is 1. The van der Waals surface area contributed by atoms with Gasteiger partial charge in [0.05, 0.1) is 0 Å². The third-order valence-electron chi connectivity index (χ3n) is 6.45. The molecule has 6 heteroatoms. The zero-order chi connectivity index (χ0) is 27.6. The molecule has 0 saturated carbocycles. The van der Waals surface area contributed by atoms with Gasteiger partial charge >= 0.3 is 6.02 Å². The number of benzene rings is 5. The summed E-state index contributed by atoms with van der Waals surface area (Å²) in [4.78, 5) is 0. The van der Waals surface area contributed by atoms with Crippen LogP contribution in [0, 0.1) is 5.53 Å². The number of rotatable bonds is 8. The molecule has 4 N–H and O–H groups in total. The van der Waals surface area contributed by atoms with Gasteiger partial charge in [-0.1, -0.05) is 120 Å². The molecule has 0 aliphatic rings. The third-order valence-corrected chi connectivity index (χ3v) is 6.45. The van der Waals surface area contributed by atoms with E-state index in [9.17, 15) is 0 Å². The van der Waals surface area contributed by atoms with Crippen molar-refractivity contribution >= 4 is 22.9 Å². The van der Waals surface area contributed by atoms with E-state index in [1.807, 2.05) is 12.1 Å². The molecule has 0 fully saturated rings. The van der Waals surface area contributed by atoms with E-state index in [-0.39, 0.29) is 6.02 Å². The number of ether oxygens (including phenoxy) is 1. The molecule has 0 unspecified atom stereocenters. The maximum atomic E-state index is 6.99. The largest absolute Gasteiger partial charge is 0.422 e. The van der Waals surface area contributed by atoms with Crippen LogP contribution in [0.15, 0.2) is 150 Å². The lowest BCUT2D eigenvalue weighted by Gasteiger charge is -2.18. The second-order valence-corrected chi connectivity index (χ2v) is 9.05. The lowest BCUT2D eigenvalue weighted by Crippen LogP contribution is -2.07. The van der Waals surface area contributed by atoms with Crippen LogP contribution in [-0.4, -0.2) is 6.02 Å². The van der Waals surface area contributed by atoms with Crippen LogP contribution in [0.1, 0.15) is 27.8 Å². The maximum Gasteiger partial charge on any atom is 0.357 e. The third kappa shape index (κ3) is 6.31. The van der Waals surface area contributed by atoms with Gasteiger partial charge in [0.2, 0.25) is 0 Å². The summed E-state index contributed by atoms with van der Waals surface area (Å²) < 4.78 is 5.32. The van der Waals surface area contributed by atoms with Crippen molar-refractivity contribution < 1.29 is 4.74 Å². The van der Waals surface area contributed by atoms with E-state index in [0.717, 1.165) is 16.8 Å². The Labute approximate surface area is 234 Å². The molecule has 5 aromatic rings. The molecular weight excluding hydrogens is 494 g/mol. The molecule has 5 rings (SSSR count). The van der Waals surface area contributed by atoms with Gasteiger partial charge in [-0.2, -0.15) is 5.53 Å². The Morgan fingerprint density at radius 1 is 0.600 bits per heavy atom. The SMILES string of the molecule is N=NC(=NN)Oc1ccc(NCc2ccc(C(=C(c3ccccc3)c3ccccc3)c3ccccc3)cc2)cc1. The van der Waals surface area contributed by atoms with E-state index < -0.39 is 0 Å². The number of hydrogen-bond acceptors (Lipinski definition) is 5. The standard InChI is InChI=1S/C34H29N5O/c35-38-34(39-36)40-31-22-20-30(21-23-31)37-24-25-16-18-29(19-17-25)33(28-14-8-3-9-15-28)32(26-10-4-1-5-11-26)27-12-6-2-7-13-27/h1-23,35,37H,24,36H2. The van der Waals surface area contributed by atoms with Crippen molar-refractivity contribution in [1.82, 2.24) is 0 Å². The summed E-state index contributed by atoms with van der Waals surface area (Å²) in [6, 6.07) is 47.5. The zero-order valence-corrected chi connectivity index (χ0v) is 21.9. The molecule has 0 amide bonds. The average molecular weight is 524 g/mol. The molecule has 40 heavy (non-hydrogen) atoms. The molecular formula is C34H29N5O. The summed E-state index contributed by atoms with van der Waals surface area (Å²) >= 11 is 0. The van der Waals surface area contributed by atoms with Gasteiger partial charge in [-0.3, -0.25) is 0 Å². The highest BCUT2D eigenvalue weighted by Gasteiger charge is 2.16. The molecule has 0 radical (unpaired) electrons. The first kappa shape index (κ1) is 26.1. The fourth-order valence-corrected chi connectivity index (χ4v) is 4.54. The minimum Gasteiger partial charge on any atom is -0.422 e. The first-order chi connectivity index (χ1) is 19.7. The molecule has 0 saturated heterocycles. The number of hydrogen-bond donors (Lipinski definition) is 3. The highest BCUT2D eigenvalue weighted by Crippen LogP contribution is 2.36. The quantitative estimate of drug-likeness (QED) is 0.0481. The smallest absolute Gasteiger partial charge is 0.357 e. The molecule has 0 heterocycles.